The number of piperidine rings is 1. The largest absolute Gasteiger partial charge is 0.492 e. The maximum absolute atomic E-state index is 12.6. The highest BCUT2D eigenvalue weighted by Crippen LogP contribution is 2.34. The number of hydrogen-bond acceptors (Lipinski definition) is 6. The van der Waals surface area contributed by atoms with Crippen molar-refractivity contribution < 1.29 is 29.3 Å². The van der Waals surface area contributed by atoms with Gasteiger partial charge in [-0.2, -0.15) is 0 Å². The number of carboxylic acid groups (broad SMARTS) is 2. The summed E-state index contributed by atoms with van der Waals surface area (Å²) in [6.07, 6.45) is 4.31. The molecule has 0 radical (unpaired) electrons. The molecule has 2 aromatic heterocycles. The molecule has 0 spiro atoms. The number of rotatable bonds is 8. The SMILES string of the molecule is CCOc1ccccc1NC(=O)Nc1ccc2[nH]cc(C3CCN(CC(C)(C)C)CC3)c2n1.O=C(O)C#CCCC(=O)O. The molecular weight excluding hydrogens is 550 g/mol. The number of carbonyl (C=O) groups excluding carboxylic acids is 1. The second kappa shape index (κ2) is 15.6. The smallest absolute Gasteiger partial charge is 0.381 e. The Morgan fingerprint density at radius 1 is 1.09 bits per heavy atom. The Bertz CT molecular complexity index is 1460. The Balaban J connectivity index is 0.000000436. The fourth-order valence-corrected chi connectivity index (χ4v) is 4.90. The monoisotopic (exact) mass is 591 g/mol. The van der Waals surface area contributed by atoms with Crippen LogP contribution in [0.15, 0.2) is 42.6 Å². The Morgan fingerprint density at radius 2 is 1.81 bits per heavy atom. The van der Waals surface area contributed by atoms with Crippen LogP contribution in [0.4, 0.5) is 16.3 Å². The first kappa shape index (κ1) is 32.9. The topological polar surface area (TPSA) is 157 Å². The number of aromatic amines is 1. The van der Waals surface area contributed by atoms with Gasteiger partial charge in [0.05, 0.1) is 29.7 Å². The number of likely N-dealkylation sites (tertiary alicyclic amines) is 1. The Hall–Kier alpha value is -4.56. The number of urea groups is 1. The summed E-state index contributed by atoms with van der Waals surface area (Å²) in [5, 5.41) is 21.7. The van der Waals surface area contributed by atoms with Crippen LogP contribution in [0.1, 0.15) is 64.9 Å². The fourth-order valence-electron chi connectivity index (χ4n) is 4.90. The highest BCUT2D eigenvalue weighted by atomic mass is 16.5. The molecule has 1 aliphatic rings. The van der Waals surface area contributed by atoms with Crippen LogP contribution >= 0.6 is 0 Å². The second-order valence-electron chi connectivity index (χ2n) is 11.5. The third-order valence-electron chi connectivity index (χ3n) is 6.61. The number of anilines is 2. The third kappa shape index (κ3) is 11.0. The number of para-hydroxylation sites is 2. The van der Waals surface area contributed by atoms with Crippen molar-refractivity contribution in [3.05, 3.63) is 48.2 Å². The van der Waals surface area contributed by atoms with Gasteiger partial charge in [0.15, 0.2) is 0 Å². The Morgan fingerprint density at radius 3 is 2.47 bits per heavy atom. The van der Waals surface area contributed by atoms with Crippen LogP contribution in [-0.2, 0) is 9.59 Å². The molecule has 0 bridgehead atoms. The predicted octanol–water partition coefficient (Wildman–Crippen LogP) is 5.77. The molecule has 2 amide bonds. The number of aromatic nitrogens is 2. The number of nitrogens with one attached hydrogen (secondary N) is 3. The number of carbonyl (C=O) groups is 3. The molecule has 0 unspecified atom stereocenters. The van der Waals surface area contributed by atoms with Crippen molar-refractivity contribution in [2.75, 3.05) is 36.9 Å². The van der Waals surface area contributed by atoms with Gasteiger partial charge < -0.3 is 30.2 Å². The molecule has 1 aromatic carbocycles. The molecule has 3 aromatic rings. The van der Waals surface area contributed by atoms with Crippen LogP contribution in [0.2, 0.25) is 0 Å². The zero-order valence-electron chi connectivity index (χ0n) is 25.2. The van der Waals surface area contributed by atoms with Gasteiger partial charge in [-0.05, 0) is 74.0 Å². The highest BCUT2D eigenvalue weighted by molar-refractivity contribution is 6.00. The predicted molar refractivity (Wildman–Crippen MR) is 166 cm³/mol. The van der Waals surface area contributed by atoms with Gasteiger partial charge in [-0.1, -0.05) is 38.8 Å². The number of carboxylic acids is 2. The molecule has 0 aliphatic carbocycles. The van der Waals surface area contributed by atoms with Crippen molar-refractivity contribution in [3.8, 4) is 17.6 Å². The van der Waals surface area contributed by atoms with Gasteiger partial charge in [0.25, 0.3) is 0 Å². The molecule has 43 heavy (non-hydrogen) atoms. The van der Waals surface area contributed by atoms with E-state index in [1.807, 2.05) is 43.3 Å². The summed E-state index contributed by atoms with van der Waals surface area (Å²) in [5.74, 6) is 3.43. The summed E-state index contributed by atoms with van der Waals surface area (Å²) in [4.78, 5) is 42.9. The highest BCUT2D eigenvalue weighted by Gasteiger charge is 2.26. The molecular formula is C32H41N5O6. The summed E-state index contributed by atoms with van der Waals surface area (Å²) in [6, 6.07) is 10.8. The fraction of sp³-hybridized carbons (Fsp3) is 0.438. The van der Waals surface area contributed by atoms with Crippen molar-refractivity contribution in [2.24, 2.45) is 5.41 Å². The second-order valence-corrected chi connectivity index (χ2v) is 11.5. The molecule has 230 valence electrons. The maximum Gasteiger partial charge on any atom is 0.381 e. The first-order valence-corrected chi connectivity index (χ1v) is 14.4. The van der Waals surface area contributed by atoms with E-state index in [0.717, 1.165) is 43.5 Å². The number of hydrogen-bond donors (Lipinski definition) is 5. The van der Waals surface area contributed by atoms with Gasteiger partial charge in [0.2, 0.25) is 0 Å². The lowest BCUT2D eigenvalue weighted by Crippen LogP contribution is -2.38. The maximum atomic E-state index is 12.6. The standard InChI is InChI=1S/C26H35N5O2.C6H6O4/c1-5-33-22-9-7-6-8-20(22)28-25(32)30-23-11-10-21-24(29-23)19(16-27-21)18-12-14-31(15-13-18)17-26(2,3)4;7-5(8)3-1-2-4-6(9)10/h6-11,16,18,27H,5,12-15,17H2,1-4H3,(H2,28,29,30,32);1,3H2,(H,7,8)(H,9,10). The molecule has 0 atom stereocenters. The summed E-state index contributed by atoms with van der Waals surface area (Å²) >= 11 is 0. The Kier molecular flexibility index (Phi) is 12.0. The van der Waals surface area contributed by atoms with Crippen molar-refractivity contribution >= 4 is 40.5 Å². The van der Waals surface area contributed by atoms with E-state index in [1.54, 1.807) is 5.92 Å². The average molecular weight is 592 g/mol. The molecule has 3 heterocycles. The first-order chi connectivity index (χ1) is 20.4. The first-order valence-electron chi connectivity index (χ1n) is 14.4. The molecule has 1 aliphatic heterocycles. The summed E-state index contributed by atoms with van der Waals surface area (Å²) in [7, 11) is 0. The number of benzene rings is 1. The molecule has 11 nitrogen and oxygen atoms in total. The molecule has 5 N–H and O–H groups in total. The van der Waals surface area contributed by atoms with Crippen LogP contribution in [0.5, 0.6) is 5.75 Å². The lowest BCUT2D eigenvalue weighted by atomic mass is 9.88. The summed E-state index contributed by atoms with van der Waals surface area (Å²) < 4.78 is 5.59. The molecule has 1 fully saturated rings. The minimum atomic E-state index is -1.23. The minimum Gasteiger partial charge on any atom is -0.492 e. The third-order valence-corrected chi connectivity index (χ3v) is 6.61. The number of H-pyrrole nitrogens is 1. The van der Waals surface area contributed by atoms with E-state index in [1.165, 1.54) is 5.56 Å². The van der Waals surface area contributed by atoms with Crippen LogP contribution in [-0.4, -0.2) is 69.3 Å². The lowest BCUT2D eigenvalue weighted by Gasteiger charge is -2.35. The van der Waals surface area contributed by atoms with Gasteiger partial charge in [0, 0.05) is 25.1 Å². The molecule has 0 saturated carbocycles. The van der Waals surface area contributed by atoms with Crippen molar-refractivity contribution in [1.82, 2.24) is 14.9 Å². The Labute approximate surface area is 252 Å². The van der Waals surface area contributed by atoms with E-state index < -0.39 is 11.9 Å². The van der Waals surface area contributed by atoms with Gasteiger partial charge >= 0.3 is 18.0 Å². The minimum absolute atomic E-state index is 0.0850. The lowest BCUT2D eigenvalue weighted by molar-refractivity contribution is -0.137. The normalized spacial score (nSPS) is 13.7. The molecule has 11 heteroatoms. The zero-order valence-corrected chi connectivity index (χ0v) is 25.2. The van der Waals surface area contributed by atoms with Crippen LogP contribution in [0.25, 0.3) is 11.0 Å². The molecule has 4 rings (SSSR count). The van der Waals surface area contributed by atoms with E-state index in [4.69, 9.17) is 19.9 Å². The number of pyridine rings is 1. The number of ether oxygens (including phenoxy) is 1. The van der Waals surface area contributed by atoms with E-state index in [0.29, 0.717) is 35.2 Å². The van der Waals surface area contributed by atoms with Crippen LogP contribution < -0.4 is 15.4 Å². The quantitative estimate of drug-likeness (QED) is 0.207. The summed E-state index contributed by atoms with van der Waals surface area (Å²) in [6.45, 7) is 12.7. The van der Waals surface area contributed by atoms with Crippen molar-refractivity contribution in [3.63, 3.8) is 0 Å². The number of nitrogens with zero attached hydrogens (tertiary/aromatic N) is 2. The van der Waals surface area contributed by atoms with Gasteiger partial charge in [-0.3, -0.25) is 10.1 Å². The van der Waals surface area contributed by atoms with Gasteiger partial charge in [-0.15, -0.1) is 0 Å². The van der Waals surface area contributed by atoms with Crippen LogP contribution in [0, 0.1) is 17.3 Å². The van der Waals surface area contributed by atoms with Gasteiger partial charge in [-0.25, -0.2) is 14.6 Å². The number of fused-ring (bicyclic) bond motifs is 1. The summed E-state index contributed by atoms with van der Waals surface area (Å²) in [5.41, 5.74) is 4.12. The van der Waals surface area contributed by atoms with E-state index in [9.17, 15) is 14.4 Å². The van der Waals surface area contributed by atoms with Crippen molar-refractivity contribution in [1.29, 1.82) is 0 Å². The number of amides is 2. The molecule has 1 saturated heterocycles. The average Bonchev–Trinajstić information content (AvgIpc) is 3.35. The van der Waals surface area contributed by atoms with E-state index >= 15 is 0 Å². The van der Waals surface area contributed by atoms with Gasteiger partial charge in [0.1, 0.15) is 11.6 Å². The zero-order chi connectivity index (χ0) is 31.4. The van der Waals surface area contributed by atoms with Crippen LogP contribution in [0.3, 0.4) is 0 Å². The van der Waals surface area contributed by atoms with E-state index in [-0.39, 0.29) is 18.9 Å². The van der Waals surface area contributed by atoms with E-state index in [2.05, 4.69) is 53.4 Å². The van der Waals surface area contributed by atoms with Crippen molar-refractivity contribution in [2.45, 2.75) is 59.3 Å². The number of aliphatic carboxylic acids is 2.